The number of halogens is 1. The summed E-state index contributed by atoms with van der Waals surface area (Å²) < 4.78 is 42.1. The maximum absolute atomic E-state index is 13.9. The van der Waals surface area contributed by atoms with Crippen LogP contribution in [0, 0.1) is 11.7 Å². The Morgan fingerprint density at radius 3 is 2.68 bits per heavy atom. The summed E-state index contributed by atoms with van der Waals surface area (Å²) >= 11 is 0. The predicted molar refractivity (Wildman–Crippen MR) is 122 cm³/mol. The average molecular weight is 442 g/mol. The maximum Gasteiger partial charge on any atom is 0.243 e. The number of benzene rings is 2. The highest BCUT2D eigenvalue weighted by molar-refractivity contribution is 7.89. The van der Waals surface area contributed by atoms with Gasteiger partial charge >= 0.3 is 0 Å². The summed E-state index contributed by atoms with van der Waals surface area (Å²) in [6.45, 7) is 5.88. The van der Waals surface area contributed by atoms with Gasteiger partial charge in [0.05, 0.1) is 10.4 Å². The van der Waals surface area contributed by atoms with Crippen LogP contribution in [0.2, 0.25) is 0 Å². The van der Waals surface area contributed by atoms with Gasteiger partial charge in [0.25, 0.3) is 0 Å². The minimum atomic E-state index is -3.57. The molecule has 7 heteroatoms. The molecule has 0 bridgehead atoms. The smallest absolute Gasteiger partial charge is 0.243 e. The monoisotopic (exact) mass is 441 g/mol. The molecule has 31 heavy (non-hydrogen) atoms. The van der Waals surface area contributed by atoms with Gasteiger partial charge in [-0.15, -0.1) is 0 Å². The van der Waals surface area contributed by atoms with Crippen LogP contribution in [0.25, 0.3) is 10.9 Å². The zero-order valence-corrected chi connectivity index (χ0v) is 18.7. The molecule has 2 aromatic carbocycles. The summed E-state index contributed by atoms with van der Waals surface area (Å²) in [5.74, 6) is -0.0957. The van der Waals surface area contributed by atoms with Crippen LogP contribution in [-0.4, -0.2) is 43.4 Å². The van der Waals surface area contributed by atoms with E-state index in [1.165, 1.54) is 12.1 Å². The molecule has 1 atom stereocenters. The van der Waals surface area contributed by atoms with Gasteiger partial charge in [0.15, 0.2) is 0 Å². The number of hydrogen-bond acceptors (Lipinski definition) is 4. The lowest BCUT2D eigenvalue weighted by molar-refractivity contribution is 0.276. The highest BCUT2D eigenvalue weighted by atomic mass is 32.2. The van der Waals surface area contributed by atoms with E-state index >= 15 is 0 Å². The van der Waals surface area contributed by atoms with Crippen molar-refractivity contribution in [1.82, 2.24) is 9.29 Å². The first-order valence-corrected chi connectivity index (χ1v) is 12.2. The van der Waals surface area contributed by atoms with Gasteiger partial charge in [-0.25, -0.2) is 12.8 Å². The molecule has 2 heterocycles. The average Bonchev–Trinajstić information content (AvgIpc) is 2.77. The van der Waals surface area contributed by atoms with E-state index < -0.39 is 10.0 Å². The maximum atomic E-state index is 13.9. The van der Waals surface area contributed by atoms with Crippen LogP contribution in [0.4, 0.5) is 10.1 Å². The molecule has 164 valence electrons. The third kappa shape index (κ3) is 4.57. The fraction of sp³-hybridized carbons (Fsp3) is 0.375. The quantitative estimate of drug-likeness (QED) is 0.557. The molecule has 0 aliphatic carbocycles. The molecule has 5 nitrogen and oxygen atoms in total. The largest absolute Gasteiger partial charge is 0.371 e. The topological polar surface area (TPSA) is 53.5 Å². The molecular formula is C24H28FN3O2S. The lowest BCUT2D eigenvalue weighted by Gasteiger charge is -2.38. The van der Waals surface area contributed by atoms with Gasteiger partial charge < -0.3 is 4.90 Å². The van der Waals surface area contributed by atoms with E-state index in [1.807, 2.05) is 26.0 Å². The van der Waals surface area contributed by atoms with E-state index in [0.717, 1.165) is 42.5 Å². The molecule has 0 N–H and O–H groups in total. The number of anilines is 1. The highest BCUT2D eigenvalue weighted by Crippen LogP contribution is 2.31. The van der Waals surface area contributed by atoms with Crippen LogP contribution in [0.5, 0.6) is 0 Å². The third-order valence-electron chi connectivity index (χ3n) is 5.90. The number of sulfonamides is 1. The van der Waals surface area contributed by atoms with Crippen LogP contribution in [0.15, 0.2) is 65.7 Å². The molecule has 4 rings (SSSR count). The second-order valence-electron chi connectivity index (χ2n) is 8.43. The summed E-state index contributed by atoms with van der Waals surface area (Å²) in [5.41, 5.74) is 1.72. The normalized spacial score (nSPS) is 17.6. The number of fused-ring (bicyclic) bond motifs is 1. The van der Waals surface area contributed by atoms with Crippen molar-refractivity contribution in [3.63, 3.8) is 0 Å². The Kier molecular flexibility index (Phi) is 6.25. The third-order valence-corrected chi connectivity index (χ3v) is 7.96. The summed E-state index contributed by atoms with van der Waals surface area (Å²) in [5, 5.41) is 0.792. The van der Waals surface area contributed by atoms with E-state index in [-0.39, 0.29) is 17.8 Å². The molecule has 0 radical (unpaired) electrons. The number of rotatable bonds is 6. The van der Waals surface area contributed by atoms with Crippen molar-refractivity contribution >= 4 is 26.6 Å². The van der Waals surface area contributed by atoms with Gasteiger partial charge in [-0.1, -0.05) is 18.2 Å². The van der Waals surface area contributed by atoms with Gasteiger partial charge in [0, 0.05) is 42.9 Å². The first-order chi connectivity index (χ1) is 14.9. The first kappa shape index (κ1) is 21.7. The van der Waals surface area contributed by atoms with E-state index in [9.17, 15) is 12.8 Å². The van der Waals surface area contributed by atoms with Gasteiger partial charge in [0.2, 0.25) is 10.0 Å². The number of hydrogen-bond donors (Lipinski definition) is 0. The molecule has 0 spiro atoms. The zero-order valence-electron chi connectivity index (χ0n) is 17.9. The molecule has 1 fully saturated rings. The van der Waals surface area contributed by atoms with Crippen molar-refractivity contribution in [2.75, 3.05) is 24.5 Å². The lowest BCUT2D eigenvalue weighted by Crippen LogP contribution is -2.45. The Labute approximate surface area is 183 Å². The lowest BCUT2D eigenvalue weighted by atomic mass is 9.96. The highest BCUT2D eigenvalue weighted by Gasteiger charge is 2.31. The molecule has 1 saturated heterocycles. The van der Waals surface area contributed by atoms with Crippen LogP contribution in [0.1, 0.15) is 26.7 Å². The number of nitrogens with zero attached hydrogens (tertiary/aromatic N) is 3. The second-order valence-corrected chi connectivity index (χ2v) is 10.3. The van der Waals surface area contributed by atoms with Crippen LogP contribution in [-0.2, 0) is 10.0 Å². The van der Waals surface area contributed by atoms with Crippen LogP contribution in [0.3, 0.4) is 0 Å². The zero-order chi connectivity index (χ0) is 22.0. The predicted octanol–water partition coefficient (Wildman–Crippen LogP) is 4.69. The molecule has 1 unspecified atom stereocenters. The number of aromatic nitrogens is 1. The van der Waals surface area contributed by atoms with E-state index in [1.54, 1.807) is 40.8 Å². The van der Waals surface area contributed by atoms with Crippen molar-refractivity contribution in [1.29, 1.82) is 0 Å². The van der Waals surface area contributed by atoms with Gasteiger partial charge in [0.1, 0.15) is 5.82 Å². The fourth-order valence-corrected chi connectivity index (χ4v) is 6.12. The van der Waals surface area contributed by atoms with Gasteiger partial charge in [-0.05, 0) is 69.0 Å². The van der Waals surface area contributed by atoms with Crippen LogP contribution >= 0.6 is 0 Å². The molecular weight excluding hydrogens is 413 g/mol. The second kappa shape index (κ2) is 8.93. The van der Waals surface area contributed by atoms with E-state index in [4.69, 9.17) is 0 Å². The summed E-state index contributed by atoms with van der Waals surface area (Å²) in [4.78, 5) is 6.92. The number of piperidine rings is 1. The molecule has 3 aromatic rings. The molecule has 0 amide bonds. The minimum Gasteiger partial charge on any atom is -0.371 e. The SMILES string of the molecule is CC(C)N(CC1CCCN(c2ccnc3ccc(F)cc23)C1)S(=O)(=O)c1ccccc1. The Bertz CT molecular complexity index is 1150. The summed E-state index contributed by atoms with van der Waals surface area (Å²) in [6.07, 6.45) is 3.67. The van der Waals surface area contributed by atoms with Gasteiger partial charge in [-0.2, -0.15) is 4.31 Å². The van der Waals surface area contributed by atoms with Crippen molar-refractivity contribution in [2.45, 2.75) is 37.6 Å². The van der Waals surface area contributed by atoms with Crippen molar-refractivity contribution in [2.24, 2.45) is 5.92 Å². The Morgan fingerprint density at radius 1 is 1.16 bits per heavy atom. The Morgan fingerprint density at radius 2 is 1.94 bits per heavy atom. The minimum absolute atomic E-state index is 0.142. The van der Waals surface area contributed by atoms with Crippen molar-refractivity contribution < 1.29 is 12.8 Å². The molecule has 1 aromatic heterocycles. The summed E-state index contributed by atoms with van der Waals surface area (Å²) in [7, 11) is -3.57. The van der Waals surface area contributed by atoms with E-state index in [2.05, 4.69) is 9.88 Å². The van der Waals surface area contributed by atoms with Crippen molar-refractivity contribution in [3.8, 4) is 0 Å². The standard InChI is InChI=1S/C24H28FN3O2S/c1-18(2)28(31(29,30)21-8-4-3-5-9-21)17-19-7-6-14-27(16-19)24-12-13-26-23-11-10-20(25)15-22(23)24/h3-5,8-13,15,18-19H,6-7,14,16-17H2,1-2H3. The molecule has 1 aliphatic rings. The first-order valence-electron chi connectivity index (χ1n) is 10.7. The Balaban J connectivity index is 1.58. The Hall–Kier alpha value is -2.51. The summed E-state index contributed by atoms with van der Waals surface area (Å²) in [6, 6.07) is 15.0. The van der Waals surface area contributed by atoms with E-state index in [0.29, 0.717) is 11.4 Å². The number of pyridine rings is 1. The van der Waals surface area contributed by atoms with Gasteiger partial charge in [-0.3, -0.25) is 4.98 Å². The molecule has 1 aliphatic heterocycles. The van der Waals surface area contributed by atoms with Crippen LogP contribution < -0.4 is 4.90 Å². The van der Waals surface area contributed by atoms with Crippen molar-refractivity contribution in [3.05, 3.63) is 66.6 Å². The fourth-order valence-electron chi connectivity index (χ4n) is 4.38. The molecule has 0 saturated carbocycles.